The topological polar surface area (TPSA) is 107 Å². The van der Waals surface area contributed by atoms with E-state index in [0.29, 0.717) is 0 Å². The summed E-state index contributed by atoms with van der Waals surface area (Å²) in [6.07, 6.45) is 0.307. The molecule has 0 unspecified atom stereocenters. The third kappa shape index (κ3) is 3.60. The van der Waals surface area contributed by atoms with E-state index in [4.69, 9.17) is 4.74 Å². The Balaban J connectivity index is 2.18. The zero-order chi connectivity index (χ0) is 15.2. The zero-order valence-electron chi connectivity index (χ0n) is 10.7. The van der Waals surface area contributed by atoms with Gasteiger partial charge in [0.05, 0.1) is 18.9 Å². The van der Waals surface area contributed by atoms with Crippen LogP contribution in [-0.2, 0) is 4.74 Å². The van der Waals surface area contributed by atoms with E-state index in [1.807, 2.05) is 0 Å². The number of aromatic nitrogens is 1. The van der Waals surface area contributed by atoms with Gasteiger partial charge in [0.15, 0.2) is 10.1 Å². The Bertz CT molecular complexity index is 685. The molecular weight excluding hydrogens is 298 g/mol. The summed E-state index contributed by atoms with van der Waals surface area (Å²) >= 11 is 0.925. The van der Waals surface area contributed by atoms with Crippen molar-refractivity contribution >= 4 is 33.5 Å². The number of methoxy groups -OCH3 is 1. The molecule has 0 saturated heterocycles. The molecule has 8 nitrogen and oxygen atoms in total. The summed E-state index contributed by atoms with van der Waals surface area (Å²) in [7, 11) is 1.16. The van der Waals surface area contributed by atoms with Gasteiger partial charge >= 0.3 is 6.16 Å². The number of carbonyl (C=O) groups excluding carboxylic acids is 2. The van der Waals surface area contributed by atoms with Crippen molar-refractivity contribution in [1.82, 2.24) is 4.98 Å². The Kier molecular flexibility index (Phi) is 4.57. The van der Waals surface area contributed by atoms with Crippen molar-refractivity contribution in [3.05, 3.63) is 40.9 Å². The van der Waals surface area contributed by atoms with Crippen LogP contribution < -0.4 is 10.1 Å². The van der Waals surface area contributed by atoms with Crippen LogP contribution in [-0.4, -0.2) is 24.2 Å². The molecular formula is C12H9N3O5S. The van der Waals surface area contributed by atoms with Crippen molar-refractivity contribution in [2.45, 2.75) is 0 Å². The molecule has 9 heteroatoms. The number of nitrogens with zero attached hydrogens (tertiary/aromatic N) is 2. The first-order valence-electron chi connectivity index (χ1n) is 5.59. The van der Waals surface area contributed by atoms with E-state index in [2.05, 4.69) is 20.2 Å². The lowest BCUT2D eigenvalue weighted by atomic mass is 10.2. The van der Waals surface area contributed by atoms with Crippen molar-refractivity contribution in [1.29, 1.82) is 0 Å². The lowest BCUT2D eigenvalue weighted by Crippen LogP contribution is -2.15. The fraction of sp³-hybridized carbons (Fsp3) is 0.0833. The normalized spacial score (nSPS) is 9.76. The highest BCUT2D eigenvalue weighted by molar-refractivity contribution is 7.19. The van der Waals surface area contributed by atoms with Gasteiger partial charge in [0.2, 0.25) is 0 Å². The van der Waals surface area contributed by atoms with Crippen LogP contribution in [0.1, 0.15) is 10.4 Å². The van der Waals surface area contributed by atoms with E-state index in [-0.39, 0.29) is 21.4 Å². The number of para-hydroxylation sites is 1. The molecule has 21 heavy (non-hydrogen) atoms. The number of benzene rings is 1. The van der Waals surface area contributed by atoms with Gasteiger partial charge in [0.1, 0.15) is 5.75 Å². The van der Waals surface area contributed by atoms with Crippen LogP contribution in [0.5, 0.6) is 5.75 Å². The highest BCUT2D eigenvalue weighted by atomic mass is 32.1. The van der Waals surface area contributed by atoms with E-state index in [0.717, 1.165) is 18.4 Å². The summed E-state index contributed by atoms with van der Waals surface area (Å²) in [5.41, 5.74) is 0.124. The zero-order valence-corrected chi connectivity index (χ0v) is 11.5. The van der Waals surface area contributed by atoms with Crippen molar-refractivity contribution in [3.8, 4) is 5.75 Å². The minimum absolute atomic E-state index is 0.0483. The quantitative estimate of drug-likeness (QED) is 0.528. The standard InChI is InChI=1S/C12H9N3O5S/c1-19-12(17)20-8-5-3-2-4-7(8)10(16)14-11-13-6-9(15-18)21-11/h2-6H,1H3,(H,13,14,16). The molecule has 0 aliphatic rings. The first kappa shape index (κ1) is 14.6. The van der Waals surface area contributed by atoms with Crippen LogP contribution in [0.25, 0.3) is 0 Å². The number of hydrogen-bond acceptors (Lipinski definition) is 8. The highest BCUT2D eigenvalue weighted by Gasteiger charge is 2.16. The largest absolute Gasteiger partial charge is 0.513 e. The lowest BCUT2D eigenvalue weighted by molar-refractivity contribution is 0.101. The Morgan fingerprint density at radius 1 is 1.33 bits per heavy atom. The summed E-state index contributed by atoms with van der Waals surface area (Å²) in [6, 6.07) is 6.14. The molecule has 0 radical (unpaired) electrons. The second kappa shape index (κ2) is 6.57. The Morgan fingerprint density at radius 2 is 2.10 bits per heavy atom. The van der Waals surface area contributed by atoms with Crippen molar-refractivity contribution in [3.63, 3.8) is 0 Å². The number of carbonyl (C=O) groups is 2. The summed E-state index contributed by atoms with van der Waals surface area (Å²) in [6.45, 7) is 0. The van der Waals surface area contributed by atoms with Gasteiger partial charge in [0.25, 0.3) is 5.91 Å². The minimum Gasteiger partial charge on any atom is -0.437 e. The van der Waals surface area contributed by atoms with Crippen LogP contribution in [0.3, 0.4) is 0 Å². The Morgan fingerprint density at radius 3 is 2.76 bits per heavy atom. The molecule has 108 valence electrons. The van der Waals surface area contributed by atoms with Gasteiger partial charge in [-0.2, -0.15) is 0 Å². The molecule has 0 spiro atoms. The van der Waals surface area contributed by atoms with Gasteiger partial charge in [-0.1, -0.05) is 23.5 Å². The number of amides is 1. The summed E-state index contributed by atoms with van der Waals surface area (Å²) in [5, 5.41) is 5.54. The van der Waals surface area contributed by atoms with Crippen LogP contribution >= 0.6 is 11.3 Å². The molecule has 1 aromatic heterocycles. The molecule has 0 bridgehead atoms. The molecule has 0 atom stereocenters. The molecule has 0 saturated carbocycles. The number of anilines is 1. The van der Waals surface area contributed by atoms with E-state index >= 15 is 0 Å². The fourth-order valence-electron chi connectivity index (χ4n) is 1.40. The predicted molar refractivity (Wildman–Crippen MR) is 75.0 cm³/mol. The van der Waals surface area contributed by atoms with Gasteiger partial charge in [-0.15, -0.1) is 4.91 Å². The van der Waals surface area contributed by atoms with Crippen molar-refractivity contribution in [2.75, 3.05) is 12.4 Å². The maximum absolute atomic E-state index is 12.1. The number of rotatable bonds is 4. The van der Waals surface area contributed by atoms with Crippen molar-refractivity contribution < 1.29 is 19.1 Å². The average molecular weight is 307 g/mol. The monoisotopic (exact) mass is 307 g/mol. The number of thiazole rings is 1. The van der Waals surface area contributed by atoms with Crippen LogP contribution in [0, 0.1) is 4.91 Å². The maximum atomic E-state index is 12.1. The minimum atomic E-state index is -0.933. The molecule has 2 rings (SSSR count). The van der Waals surface area contributed by atoms with Crippen LogP contribution in [0.4, 0.5) is 14.9 Å². The molecule has 1 heterocycles. The fourth-order valence-corrected chi connectivity index (χ4v) is 1.99. The average Bonchev–Trinajstić information content (AvgIpc) is 2.95. The summed E-state index contributed by atoms with van der Waals surface area (Å²) in [5.74, 6) is -0.492. The molecule has 0 aliphatic heterocycles. The summed E-state index contributed by atoms with van der Waals surface area (Å²) < 4.78 is 9.25. The second-order valence-electron chi connectivity index (χ2n) is 3.60. The Hall–Kier alpha value is -2.81. The molecule has 1 amide bonds. The third-order valence-electron chi connectivity index (χ3n) is 2.30. The molecule has 1 aromatic carbocycles. The Labute approximate surface area is 122 Å². The lowest BCUT2D eigenvalue weighted by Gasteiger charge is -2.08. The first-order chi connectivity index (χ1) is 10.1. The predicted octanol–water partition coefficient (Wildman–Crippen LogP) is 2.94. The second-order valence-corrected chi connectivity index (χ2v) is 4.61. The maximum Gasteiger partial charge on any atom is 0.513 e. The third-order valence-corrected chi connectivity index (χ3v) is 3.09. The number of ether oxygens (including phenoxy) is 2. The SMILES string of the molecule is COC(=O)Oc1ccccc1C(=O)Nc1ncc(N=O)s1. The van der Waals surface area contributed by atoms with E-state index in [9.17, 15) is 14.5 Å². The van der Waals surface area contributed by atoms with Crippen molar-refractivity contribution in [2.24, 2.45) is 5.18 Å². The number of nitroso groups, excluding NO2 is 1. The first-order valence-corrected chi connectivity index (χ1v) is 6.41. The van der Waals surface area contributed by atoms with Gasteiger partial charge < -0.3 is 9.47 Å². The van der Waals surface area contributed by atoms with Gasteiger partial charge in [-0.3, -0.25) is 10.1 Å². The van der Waals surface area contributed by atoms with Gasteiger partial charge in [-0.25, -0.2) is 9.78 Å². The van der Waals surface area contributed by atoms with Gasteiger partial charge in [0, 0.05) is 0 Å². The molecule has 0 fully saturated rings. The van der Waals surface area contributed by atoms with E-state index in [1.165, 1.54) is 18.3 Å². The number of hydrogen-bond donors (Lipinski definition) is 1. The number of nitrogens with one attached hydrogen (secondary N) is 1. The van der Waals surface area contributed by atoms with E-state index in [1.54, 1.807) is 12.1 Å². The molecule has 0 aliphatic carbocycles. The van der Waals surface area contributed by atoms with Crippen LogP contribution in [0.15, 0.2) is 35.6 Å². The van der Waals surface area contributed by atoms with Gasteiger partial charge in [-0.05, 0) is 17.3 Å². The van der Waals surface area contributed by atoms with Crippen LogP contribution in [0.2, 0.25) is 0 Å². The summed E-state index contributed by atoms with van der Waals surface area (Å²) in [4.78, 5) is 37.4. The smallest absolute Gasteiger partial charge is 0.437 e. The molecule has 2 aromatic rings. The van der Waals surface area contributed by atoms with E-state index < -0.39 is 12.1 Å². The molecule has 1 N–H and O–H groups in total. The highest BCUT2D eigenvalue weighted by Crippen LogP contribution is 2.27.